The predicted molar refractivity (Wildman–Crippen MR) is 93.4 cm³/mol. The smallest absolute Gasteiger partial charge is 0.123 e. The van der Waals surface area contributed by atoms with Crippen molar-refractivity contribution in [1.29, 1.82) is 0 Å². The van der Waals surface area contributed by atoms with E-state index < -0.39 is 0 Å². The van der Waals surface area contributed by atoms with E-state index in [1.54, 1.807) is 12.1 Å². The molecule has 0 amide bonds. The third-order valence-corrected chi connectivity index (χ3v) is 5.61. The van der Waals surface area contributed by atoms with Crippen molar-refractivity contribution in [2.24, 2.45) is 5.92 Å². The second kappa shape index (κ2) is 6.34. The van der Waals surface area contributed by atoms with Crippen LogP contribution in [0.5, 0.6) is 0 Å². The summed E-state index contributed by atoms with van der Waals surface area (Å²) in [6.07, 6.45) is 10.2. The number of imidazole rings is 1. The Balaban J connectivity index is 1.53. The third-order valence-electron chi connectivity index (χ3n) is 5.61. The number of aromatic amines is 1. The Morgan fingerprint density at radius 3 is 2.67 bits per heavy atom. The lowest BCUT2D eigenvalue weighted by molar-refractivity contribution is 0.286. The number of nitrogens with zero attached hydrogens (tertiary/aromatic N) is 2. The molecule has 3 aromatic rings. The van der Waals surface area contributed by atoms with Crippen LogP contribution in [0.15, 0.2) is 42.9 Å². The first kappa shape index (κ1) is 15.3. The molecule has 1 unspecified atom stereocenters. The molecule has 1 atom stereocenters. The number of hydrogen-bond donors (Lipinski definition) is 1. The van der Waals surface area contributed by atoms with Gasteiger partial charge >= 0.3 is 0 Å². The molecular formula is C20H22FN3. The number of aromatic nitrogens is 3. The van der Waals surface area contributed by atoms with Crippen LogP contribution in [0.1, 0.15) is 55.8 Å². The number of fused-ring (bicyclic) bond motifs is 1. The van der Waals surface area contributed by atoms with Crippen molar-refractivity contribution in [2.75, 3.05) is 0 Å². The molecule has 1 saturated carbocycles. The average Bonchev–Trinajstić information content (AvgIpc) is 3.15. The summed E-state index contributed by atoms with van der Waals surface area (Å²) in [5.41, 5.74) is 2.14. The number of rotatable bonds is 3. The Hall–Kier alpha value is -2.23. The minimum absolute atomic E-state index is 0.183. The van der Waals surface area contributed by atoms with Gasteiger partial charge in [-0.25, -0.2) is 9.37 Å². The molecule has 0 aliphatic heterocycles. The quantitative estimate of drug-likeness (QED) is 0.722. The van der Waals surface area contributed by atoms with E-state index in [2.05, 4.69) is 27.9 Å². The van der Waals surface area contributed by atoms with Gasteiger partial charge in [0.05, 0.1) is 5.52 Å². The average molecular weight is 323 g/mol. The Kier molecular flexibility index (Phi) is 4.05. The molecule has 0 spiro atoms. The molecule has 1 fully saturated rings. The number of H-pyrrole nitrogens is 1. The molecule has 24 heavy (non-hydrogen) atoms. The van der Waals surface area contributed by atoms with Crippen molar-refractivity contribution in [3.63, 3.8) is 0 Å². The highest BCUT2D eigenvalue weighted by atomic mass is 19.1. The summed E-state index contributed by atoms with van der Waals surface area (Å²) in [6.45, 7) is 2.26. The van der Waals surface area contributed by atoms with E-state index in [0.29, 0.717) is 17.8 Å². The van der Waals surface area contributed by atoms with Gasteiger partial charge < -0.3 is 4.98 Å². The number of hydrogen-bond acceptors (Lipinski definition) is 2. The molecule has 1 N–H and O–H groups in total. The maximum atomic E-state index is 13.7. The van der Waals surface area contributed by atoms with E-state index in [9.17, 15) is 4.39 Å². The van der Waals surface area contributed by atoms with Crippen LogP contribution in [0.25, 0.3) is 10.9 Å². The molecule has 1 aliphatic carbocycles. The summed E-state index contributed by atoms with van der Waals surface area (Å²) < 4.78 is 13.7. The maximum absolute atomic E-state index is 13.7. The fourth-order valence-electron chi connectivity index (χ4n) is 4.18. The first-order valence-electron chi connectivity index (χ1n) is 8.76. The zero-order valence-electron chi connectivity index (χ0n) is 13.9. The zero-order valence-corrected chi connectivity index (χ0v) is 13.9. The lowest BCUT2D eigenvalue weighted by Crippen LogP contribution is -2.19. The summed E-state index contributed by atoms with van der Waals surface area (Å²) in [5.74, 6) is 2.54. The van der Waals surface area contributed by atoms with Crippen molar-refractivity contribution in [2.45, 2.75) is 44.4 Å². The SMILES string of the molecule is CC(c1ncc[nH]1)C1CCC(c2ccnc3ccc(F)cc23)CC1. The Bertz CT molecular complexity index is 820. The largest absolute Gasteiger partial charge is 0.348 e. The highest BCUT2D eigenvalue weighted by Crippen LogP contribution is 2.42. The summed E-state index contributed by atoms with van der Waals surface area (Å²) in [7, 11) is 0. The third kappa shape index (κ3) is 2.81. The van der Waals surface area contributed by atoms with Gasteiger partial charge in [-0.2, -0.15) is 0 Å². The van der Waals surface area contributed by atoms with Crippen LogP contribution >= 0.6 is 0 Å². The topological polar surface area (TPSA) is 41.6 Å². The van der Waals surface area contributed by atoms with Gasteiger partial charge in [0.25, 0.3) is 0 Å². The zero-order chi connectivity index (χ0) is 16.5. The predicted octanol–water partition coefficient (Wildman–Crippen LogP) is 5.17. The number of nitrogens with one attached hydrogen (secondary N) is 1. The van der Waals surface area contributed by atoms with Crippen molar-refractivity contribution in [1.82, 2.24) is 15.0 Å². The monoisotopic (exact) mass is 323 g/mol. The van der Waals surface area contributed by atoms with E-state index >= 15 is 0 Å². The van der Waals surface area contributed by atoms with Gasteiger partial charge in [-0.3, -0.25) is 4.98 Å². The van der Waals surface area contributed by atoms with Gasteiger partial charge in [-0.1, -0.05) is 6.92 Å². The summed E-state index contributed by atoms with van der Waals surface area (Å²) in [5, 5.41) is 0.972. The minimum Gasteiger partial charge on any atom is -0.348 e. The first-order valence-corrected chi connectivity index (χ1v) is 8.76. The van der Waals surface area contributed by atoms with Gasteiger partial charge in [-0.05, 0) is 67.3 Å². The molecule has 1 aliphatic rings. The minimum atomic E-state index is -0.183. The molecule has 4 rings (SSSR count). The molecular weight excluding hydrogens is 301 g/mol. The van der Waals surface area contributed by atoms with Gasteiger partial charge in [0.15, 0.2) is 0 Å². The van der Waals surface area contributed by atoms with Crippen LogP contribution in [0.2, 0.25) is 0 Å². The number of halogens is 1. The highest BCUT2D eigenvalue weighted by molar-refractivity contribution is 5.82. The fraction of sp³-hybridized carbons (Fsp3) is 0.400. The molecule has 2 heterocycles. The lowest BCUT2D eigenvalue weighted by Gasteiger charge is -2.32. The Morgan fingerprint density at radius 1 is 1.08 bits per heavy atom. The molecule has 0 bridgehead atoms. The van der Waals surface area contributed by atoms with E-state index in [4.69, 9.17) is 0 Å². The van der Waals surface area contributed by atoms with Crippen molar-refractivity contribution in [3.05, 3.63) is 60.1 Å². The van der Waals surface area contributed by atoms with Gasteiger partial charge in [0.1, 0.15) is 11.6 Å². The van der Waals surface area contributed by atoms with Gasteiger partial charge in [0, 0.05) is 29.9 Å². The number of pyridine rings is 1. The van der Waals surface area contributed by atoms with E-state index in [1.165, 1.54) is 24.5 Å². The highest BCUT2D eigenvalue weighted by Gasteiger charge is 2.28. The Labute approximate surface area is 141 Å². The summed E-state index contributed by atoms with van der Waals surface area (Å²) in [4.78, 5) is 12.0. The van der Waals surface area contributed by atoms with E-state index in [-0.39, 0.29) is 5.82 Å². The fourth-order valence-corrected chi connectivity index (χ4v) is 4.18. The second-order valence-corrected chi connectivity index (χ2v) is 6.94. The van der Waals surface area contributed by atoms with E-state index in [0.717, 1.165) is 29.6 Å². The van der Waals surface area contributed by atoms with Crippen molar-refractivity contribution < 1.29 is 4.39 Å². The molecule has 4 heteroatoms. The normalized spacial score (nSPS) is 22.6. The van der Waals surface area contributed by atoms with Crippen LogP contribution in [0.3, 0.4) is 0 Å². The summed E-state index contributed by atoms with van der Waals surface area (Å²) in [6, 6.07) is 6.97. The van der Waals surface area contributed by atoms with Crippen LogP contribution in [-0.2, 0) is 0 Å². The molecule has 1 aromatic carbocycles. The first-order chi connectivity index (χ1) is 11.7. The Morgan fingerprint density at radius 2 is 1.92 bits per heavy atom. The van der Waals surface area contributed by atoms with E-state index in [1.807, 2.05) is 18.6 Å². The van der Waals surface area contributed by atoms with Crippen LogP contribution in [0.4, 0.5) is 4.39 Å². The number of benzene rings is 1. The van der Waals surface area contributed by atoms with Crippen molar-refractivity contribution in [3.8, 4) is 0 Å². The summed E-state index contributed by atoms with van der Waals surface area (Å²) >= 11 is 0. The maximum Gasteiger partial charge on any atom is 0.123 e. The molecule has 124 valence electrons. The van der Waals surface area contributed by atoms with Crippen molar-refractivity contribution >= 4 is 10.9 Å². The molecule has 0 saturated heterocycles. The van der Waals surface area contributed by atoms with Crippen LogP contribution in [0, 0.1) is 11.7 Å². The molecule has 2 aromatic heterocycles. The second-order valence-electron chi connectivity index (χ2n) is 6.94. The van der Waals surface area contributed by atoms with Gasteiger partial charge in [-0.15, -0.1) is 0 Å². The molecule has 3 nitrogen and oxygen atoms in total. The lowest BCUT2D eigenvalue weighted by atomic mass is 9.73. The van der Waals surface area contributed by atoms with Crippen LogP contribution < -0.4 is 0 Å². The standard InChI is InChI=1S/C20H22FN3/c1-13(20-23-10-11-24-20)14-2-4-15(5-3-14)17-8-9-22-19-7-6-16(21)12-18(17)19/h6-15H,2-5H2,1H3,(H,23,24). The molecule has 0 radical (unpaired) electrons. The van der Waals surface area contributed by atoms with Crippen LogP contribution in [-0.4, -0.2) is 15.0 Å². The van der Waals surface area contributed by atoms with Gasteiger partial charge in [0.2, 0.25) is 0 Å².